The van der Waals surface area contributed by atoms with Crippen LogP contribution in [0.25, 0.3) is 0 Å². The molecule has 2 rings (SSSR count). The van der Waals surface area contributed by atoms with Gasteiger partial charge in [-0.2, -0.15) is 0 Å². The van der Waals surface area contributed by atoms with Gasteiger partial charge in [0.05, 0.1) is 26.4 Å². The third-order valence-corrected chi connectivity index (χ3v) is 4.63. The Morgan fingerprint density at radius 1 is 1.00 bits per heavy atom. The fraction of sp³-hybridized carbons (Fsp3) is 0.455. The Morgan fingerprint density at radius 2 is 1.69 bits per heavy atom. The third kappa shape index (κ3) is 6.79. The number of aliphatic hydroxyl groups is 1. The first-order valence-corrected chi connectivity index (χ1v) is 9.29. The van der Waals surface area contributed by atoms with Crippen LogP contribution in [0, 0.1) is 0 Å². The largest absolute Gasteiger partial charge is 0.497 e. The maximum absolute atomic E-state index is 10.4. The molecule has 0 bridgehead atoms. The van der Waals surface area contributed by atoms with Crippen LogP contribution < -0.4 is 4.74 Å². The van der Waals surface area contributed by atoms with Crippen LogP contribution in [0.5, 0.6) is 5.75 Å². The minimum atomic E-state index is -0.508. The van der Waals surface area contributed by atoms with E-state index >= 15 is 0 Å². The van der Waals surface area contributed by atoms with Gasteiger partial charge in [-0.3, -0.25) is 4.90 Å². The predicted octanol–water partition coefficient (Wildman–Crippen LogP) is 3.87. The normalized spacial score (nSPS) is 13.6. The van der Waals surface area contributed by atoms with Gasteiger partial charge in [-0.1, -0.05) is 49.4 Å². The first kappa shape index (κ1) is 20.4. The highest BCUT2D eigenvalue weighted by Gasteiger charge is 2.17. The van der Waals surface area contributed by atoms with Crippen LogP contribution in [0.2, 0.25) is 0 Å². The van der Waals surface area contributed by atoms with Crippen molar-refractivity contribution in [2.45, 2.75) is 45.6 Å². The minimum Gasteiger partial charge on any atom is -0.497 e. The molecule has 0 saturated carbocycles. The molecule has 142 valence electrons. The fourth-order valence-corrected chi connectivity index (χ4v) is 2.83. The summed E-state index contributed by atoms with van der Waals surface area (Å²) in [5.74, 6) is 0.859. The van der Waals surface area contributed by atoms with Gasteiger partial charge in [0.15, 0.2) is 0 Å². The number of hydrogen-bond acceptors (Lipinski definition) is 4. The molecule has 0 aliphatic carbocycles. The van der Waals surface area contributed by atoms with Crippen LogP contribution in [-0.2, 0) is 17.9 Å². The fourth-order valence-electron chi connectivity index (χ4n) is 2.83. The van der Waals surface area contributed by atoms with Crippen molar-refractivity contribution in [3.05, 3.63) is 65.7 Å². The molecule has 4 heteroatoms. The first-order chi connectivity index (χ1) is 12.6. The summed E-state index contributed by atoms with van der Waals surface area (Å²) in [5, 5.41) is 10.4. The van der Waals surface area contributed by atoms with E-state index in [2.05, 4.69) is 30.9 Å². The van der Waals surface area contributed by atoms with Gasteiger partial charge >= 0.3 is 0 Å². The van der Waals surface area contributed by atoms with Crippen LogP contribution in [0.3, 0.4) is 0 Å². The lowest BCUT2D eigenvalue weighted by atomic mass is 10.1. The van der Waals surface area contributed by atoms with E-state index in [1.165, 1.54) is 5.56 Å². The number of methoxy groups -OCH3 is 1. The summed E-state index contributed by atoms with van der Waals surface area (Å²) in [5.41, 5.74) is 2.33. The Hall–Kier alpha value is -1.88. The number of ether oxygens (including phenoxy) is 2. The second-order valence-corrected chi connectivity index (χ2v) is 6.69. The lowest BCUT2D eigenvalue weighted by molar-refractivity contribution is 0.00145. The Morgan fingerprint density at radius 3 is 2.31 bits per heavy atom. The number of aliphatic hydroxyl groups excluding tert-OH is 1. The van der Waals surface area contributed by atoms with E-state index in [1.54, 1.807) is 7.11 Å². The highest BCUT2D eigenvalue weighted by Crippen LogP contribution is 2.16. The van der Waals surface area contributed by atoms with Crippen LogP contribution in [0.1, 0.15) is 31.4 Å². The number of rotatable bonds is 11. The van der Waals surface area contributed by atoms with E-state index < -0.39 is 6.10 Å². The average molecular weight is 357 g/mol. The Labute approximate surface area is 157 Å². The SMILES string of the molecule is CC[C@H](C)N(Cc1ccc(OC)cc1)C[C@@H](O)COCc1ccccc1. The first-order valence-electron chi connectivity index (χ1n) is 9.29. The molecule has 0 radical (unpaired) electrons. The summed E-state index contributed by atoms with van der Waals surface area (Å²) in [6.45, 7) is 6.62. The van der Waals surface area contributed by atoms with Crippen LogP contribution in [0.4, 0.5) is 0 Å². The summed E-state index contributed by atoms with van der Waals surface area (Å²) < 4.78 is 10.9. The third-order valence-electron chi connectivity index (χ3n) is 4.63. The quantitative estimate of drug-likeness (QED) is 0.663. The molecule has 0 fully saturated rings. The Balaban J connectivity index is 1.85. The number of benzene rings is 2. The zero-order chi connectivity index (χ0) is 18.8. The van der Waals surface area contributed by atoms with Crippen molar-refractivity contribution in [2.75, 3.05) is 20.3 Å². The molecule has 0 heterocycles. The van der Waals surface area contributed by atoms with Crippen molar-refractivity contribution in [1.29, 1.82) is 0 Å². The summed E-state index contributed by atoms with van der Waals surface area (Å²) in [6, 6.07) is 18.5. The molecule has 0 aliphatic rings. The van der Waals surface area contributed by atoms with Crippen LogP contribution in [0.15, 0.2) is 54.6 Å². The second kappa shape index (κ2) is 11.0. The zero-order valence-electron chi connectivity index (χ0n) is 16.1. The summed E-state index contributed by atoms with van der Waals surface area (Å²) in [4.78, 5) is 2.30. The maximum Gasteiger partial charge on any atom is 0.118 e. The predicted molar refractivity (Wildman–Crippen MR) is 105 cm³/mol. The molecule has 0 aliphatic heterocycles. The lowest BCUT2D eigenvalue weighted by Gasteiger charge is -2.30. The standard InChI is InChI=1S/C22H31NO3/c1-4-18(2)23(14-19-10-12-22(25-3)13-11-19)15-21(24)17-26-16-20-8-6-5-7-9-20/h5-13,18,21,24H,4,14-17H2,1-3H3/t18-,21+/m0/s1. The molecule has 2 aromatic rings. The van der Waals surface area contributed by atoms with Crippen LogP contribution >= 0.6 is 0 Å². The molecular weight excluding hydrogens is 326 g/mol. The van der Waals surface area contributed by atoms with Gasteiger partial charge in [-0.05, 0) is 36.6 Å². The number of nitrogens with zero attached hydrogens (tertiary/aromatic N) is 1. The van der Waals surface area contributed by atoms with E-state index in [9.17, 15) is 5.11 Å². The topological polar surface area (TPSA) is 41.9 Å². The smallest absolute Gasteiger partial charge is 0.118 e. The summed E-state index contributed by atoms with van der Waals surface area (Å²) in [7, 11) is 1.67. The molecule has 2 aromatic carbocycles. The Kier molecular flexibility index (Phi) is 8.62. The monoisotopic (exact) mass is 357 g/mol. The van der Waals surface area contributed by atoms with Crippen molar-refractivity contribution >= 4 is 0 Å². The van der Waals surface area contributed by atoms with Crippen molar-refractivity contribution in [2.24, 2.45) is 0 Å². The van der Waals surface area contributed by atoms with Crippen molar-refractivity contribution in [1.82, 2.24) is 4.90 Å². The second-order valence-electron chi connectivity index (χ2n) is 6.69. The van der Waals surface area contributed by atoms with Crippen LogP contribution in [-0.4, -0.2) is 42.4 Å². The van der Waals surface area contributed by atoms with Gasteiger partial charge < -0.3 is 14.6 Å². The minimum absolute atomic E-state index is 0.338. The zero-order valence-corrected chi connectivity index (χ0v) is 16.1. The van der Waals surface area contributed by atoms with Gasteiger partial charge in [0.1, 0.15) is 5.75 Å². The summed E-state index contributed by atoms with van der Waals surface area (Å²) >= 11 is 0. The van der Waals surface area contributed by atoms with Crippen molar-refractivity contribution in [3.63, 3.8) is 0 Å². The average Bonchev–Trinajstić information content (AvgIpc) is 2.68. The molecule has 1 N–H and O–H groups in total. The van der Waals surface area contributed by atoms with Gasteiger partial charge in [0.2, 0.25) is 0 Å². The van der Waals surface area contributed by atoms with E-state index in [-0.39, 0.29) is 0 Å². The number of hydrogen-bond donors (Lipinski definition) is 1. The maximum atomic E-state index is 10.4. The Bertz CT molecular complexity index is 615. The molecular formula is C22H31NO3. The van der Waals surface area contributed by atoms with E-state index in [4.69, 9.17) is 9.47 Å². The van der Waals surface area contributed by atoms with Crippen molar-refractivity contribution in [3.8, 4) is 5.75 Å². The lowest BCUT2D eigenvalue weighted by Crippen LogP contribution is -2.39. The van der Waals surface area contributed by atoms with E-state index in [1.807, 2.05) is 42.5 Å². The molecule has 0 unspecified atom stereocenters. The highest BCUT2D eigenvalue weighted by molar-refractivity contribution is 5.27. The van der Waals surface area contributed by atoms with Gasteiger partial charge in [-0.25, -0.2) is 0 Å². The molecule has 0 aromatic heterocycles. The van der Waals surface area contributed by atoms with Gasteiger partial charge in [-0.15, -0.1) is 0 Å². The van der Waals surface area contributed by atoms with Gasteiger partial charge in [0.25, 0.3) is 0 Å². The highest BCUT2D eigenvalue weighted by atomic mass is 16.5. The van der Waals surface area contributed by atoms with Crippen molar-refractivity contribution < 1.29 is 14.6 Å². The molecule has 26 heavy (non-hydrogen) atoms. The molecule has 4 nitrogen and oxygen atoms in total. The molecule has 0 spiro atoms. The molecule has 2 atom stereocenters. The molecule has 0 saturated heterocycles. The summed E-state index contributed by atoms with van der Waals surface area (Å²) in [6.07, 6.45) is 0.527. The molecule has 0 amide bonds. The van der Waals surface area contributed by atoms with Gasteiger partial charge in [0, 0.05) is 19.1 Å². The van der Waals surface area contributed by atoms with E-state index in [0.29, 0.717) is 25.8 Å². The van der Waals surface area contributed by atoms with E-state index in [0.717, 1.165) is 24.3 Å².